The van der Waals surface area contributed by atoms with Gasteiger partial charge >= 0.3 is 0 Å². The number of nitrogens with zero attached hydrogens (tertiary/aromatic N) is 1. The molecule has 120 valence electrons. The lowest BCUT2D eigenvalue weighted by atomic mass is 9.87. The van der Waals surface area contributed by atoms with Crippen molar-refractivity contribution in [3.63, 3.8) is 0 Å². The zero-order chi connectivity index (χ0) is 14.5. The first kappa shape index (κ1) is 15.3. The number of hydrogen-bond acceptors (Lipinski definition) is 2. The van der Waals surface area contributed by atoms with Gasteiger partial charge in [0.25, 0.3) is 0 Å². The summed E-state index contributed by atoms with van der Waals surface area (Å²) in [6, 6.07) is 0. The van der Waals surface area contributed by atoms with Crippen molar-refractivity contribution < 1.29 is 9.53 Å². The molecule has 3 rings (SSSR count). The normalized spacial score (nSPS) is 29.5. The summed E-state index contributed by atoms with van der Waals surface area (Å²) in [5.41, 5.74) is 0.237. The minimum atomic E-state index is 0.237. The van der Waals surface area contributed by atoms with E-state index in [2.05, 4.69) is 4.90 Å². The summed E-state index contributed by atoms with van der Waals surface area (Å²) in [4.78, 5) is 15.0. The number of ether oxygens (including phenoxy) is 1. The largest absolute Gasteiger partial charge is 0.378 e. The molecule has 1 amide bonds. The van der Waals surface area contributed by atoms with Crippen LogP contribution in [0.4, 0.5) is 0 Å². The van der Waals surface area contributed by atoms with Crippen molar-refractivity contribution in [2.24, 2.45) is 0 Å². The zero-order valence-corrected chi connectivity index (χ0v) is 13.4. The Hall–Kier alpha value is -0.570. The summed E-state index contributed by atoms with van der Waals surface area (Å²) < 4.78 is 5.78. The van der Waals surface area contributed by atoms with Crippen LogP contribution in [-0.4, -0.2) is 35.6 Å². The summed E-state index contributed by atoms with van der Waals surface area (Å²) in [5, 5.41) is 0. The number of carbonyl (C=O) groups excluding carboxylic acids is 1. The average Bonchev–Trinajstić information content (AvgIpc) is 2.78. The van der Waals surface area contributed by atoms with E-state index >= 15 is 0 Å². The molecule has 1 saturated carbocycles. The van der Waals surface area contributed by atoms with Crippen molar-refractivity contribution in [3.05, 3.63) is 0 Å². The Morgan fingerprint density at radius 3 is 2.48 bits per heavy atom. The fourth-order valence-corrected chi connectivity index (χ4v) is 4.69. The topological polar surface area (TPSA) is 29.5 Å². The van der Waals surface area contributed by atoms with Crippen LogP contribution >= 0.6 is 0 Å². The van der Waals surface area contributed by atoms with Crippen LogP contribution in [0.15, 0.2) is 0 Å². The number of likely N-dealkylation sites (tertiary alicyclic amines) is 1. The van der Waals surface area contributed by atoms with Gasteiger partial charge in [0.05, 0.1) is 6.10 Å². The van der Waals surface area contributed by atoms with E-state index in [0.717, 1.165) is 26.0 Å². The molecular weight excluding hydrogens is 262 g/mol. The molecule has 0 aromatic carbocycles. The number of hydrogen-bond donors (Lipinski definition) is 0. The van der Waals surface area contributed by atoms with Gasteiger partial charge in [-0.3, -0.25) is 4.79 Å². The standard InChI is InChI=1S/C18H31NO2/c20-17(10-9-16-8-3-6-15-21-16)19-14-7-13-18(19)11-4-1-2-5-12-18/h16H,1-15H2/t16-/m0/s1. The molecule has 3 aliphatic rings. The minimum Gasteiger partial charge on any atom is -0.378 e. The minimum absolute atomic E-state index is 0.237. The molecule has 1 spiro atoms. The summed E-state index contributed by atoms with van der Waals surface area (Å²) in [5.74, 6) is 0.406. The Labute approximate surface area is 129 Å². The fourth-order valence-electron chi connectivity index (χ4n) is 4.69. The second-order valence-corrected chi connectivity index (χ2v) is 7.31. The first-order chi connectivity index (χ1) is 10.3. The van der Waals surface area contributed by atoms with E-state index in [9.17, 15) is 4.79 Å². The van der Waals surface area contributed by atoms with Crippen LogP contribution < -0.4 is 0 Å². The van der Waals surface area contributed by atoms with Crippen LogP contribution in [0.3, 0.4) is 0 Å². The van der Waals surface area contributed by atoms with Gasteiger partial charge in [-0.15, -0.1) is 0 Å². The highest BCUT2D eigenvalue weighted by atomic mass is 16.5. The lowest BCUT2D eigenvalue weighted by Crippen LogP contribution is -2.47. The maximum absolute atomic E-state index is 12.7. The molecule has 21 heavy (non-hydrogen) atoms. The van der Waals surface area contributed by atoms with Gasteiger partial charge < -0.3 is 9.64 Å². The smallest absolute Gasteiger partial charge is 0.223 e. The molecule has 3 fully saturated rings. The Bertz CT molecular complexity index is 341. The highest BCUT2D eigenvalue weighted by molar-refractivity contribution is 5.77. The van der Waals surface area contributed by atoms with Crippen LogP contribution in [-0.2, 0) is 9.53 Å². The van der Waals surface area contributed by atoms with Crippen molar-refractivity contribution >= 4 is 5.91 Å². The van der Waals surface area contributed by atoms with Gasteiger partial charge in [0, 0.05) is 25.1 Å². The second-order valence-electron chi connectivity index (χ2n) is 7.31. The SMILES string of the molecule is O=C(CC[C@@H]1CCCCO1)N1CCCC12CCCCCC2. The van der Waals surface area contributed by atoms with Crippen LogP contribution in [0.25, 0.3) is 0 Å². The third-order valence-corrected chi connectivity index (χ3v) is 5.89. The molecular formula is C18H31NO2. The first-order valence-corrected chi connectivity index (χ1v) is 9.22. The number of carbonyl (C=O) groups is 1. The van der Waals surface area contributed by atoms with Crippen molar-refractivity contribution in [3.8, 4) is 0 Å². The monoisotopic (exact) mass is 293 g/mol. The molecule has 2 saturated heterocycles. The summed E-state index contributed by atoms with van der Waals surface area (Å²) in [6.07, 6.45) is 15.9. The fraction of sp³-hybridized carbons (Fsp3) is 0.944. The van der Waals surface area contributed by atoms with Crippen LogP contribution in [0.2, 0.25) is 0 Å². The van der Waals surface area contributed by atoms with E-state index in [0.29, 0.717) is 18.4 Å². The van der Waals surface area contributed by atoms with Gasteiger partial charge in [0.1, 0.15) is 0 Å². The van der Waals surface area contributed by atoms with Crippen molar-refractivity contribution in [1.82, 2.24) is 4.90 Å². The third-order valence-electron chi connectivity index (χ3n) is 5.89. The van der Waals surface area contributed by atoms with E-state index in [4.69, 9.17) is 4.74 Å². The molecule has 0 aromatic heterocycles. The van der Waals surface area contributed by atoms with Crippen LogP contribution in [0.5, 0.6) is 0 Å². The highest BCUT2D eigenvalue weighted by Gasteiger charge is 2.42. The molecule has 2 heterocycles. The summed E-state index contributed by atoms with van der Waals surface area (Å²) in [7, 11) is 0. The van der Waals surface area contributed by atoms with E-state index in [-0.39, 0.29) is 5.54 Å². The number of rotatable bonds is 3. The highest BCUT2D eigenvalue weighted by Crippen LogP contribution is 2.41. The van der Waals surface area contributed by atoms with Gasteiger partial charge in [0.2, 0.25) is 5.91 Å². The first-order valence-electron chi connectivity index (χ1n) is 9.22. The predicted octanol–water partition coefficient (Wildman–Crippen LogP) is 4.05. The molecule has 3 heteroatoms. The Balaban J connectivity index is 1.54. The Morgan fingerprint density at radius 1 is 1.00 bits per heavy atom. The van der Waals surface area contributed by atoms with Crippen LogP contribution in [0.1, 0.15) is 83.5 Å². The summed E-state index contributed by atoms with van der Waals surface area (Å²) >= 11 is 0. The Kier molecular flexibility index (Phi) is 5.20. The number of amides is 1. The molecule has 3 nitrogen and oxygen atoms in total. The van der Waals surface area contributed by atoms with Gasteiger partial charge in [-0.05, 0) is 51.4 Å². The van der Waals surface area contributed by atoms with E-state index in [1.54, 1.807) is 0 Å². The molecule has 1 aliphatic carbocycles. The lowest BCUT2D eigenvalue weighted by molar-refractivity contribution is -0.137. The predicted molar refractivity (Wildman–Crippen MR) is 84.2 cm³/mol. The van der Waals surface area contributed by atoms with Crippen LogP contribution in [0, 0.1) is 0 Å². The van der Waals surface area contributed by atoms with Crippen molar-refractivity contribution in [2.75, 3.05) is 13.2 Å². The zero-order valence-electron chi connectivity index (χ0n) is 13.4. The maximum Gasteiger partial charge on any atom is 0.223 e. The molecule has 0 N–H and O–H groups in total. The van der Waals surface area contributed by atoms with E-state index in [1.807, 2.05) is 0 Å². The molecule has 0 bridgehead atoms. The average molecular weight is 293 g/mol. The molecule has 1 atom stereocenters. The molecule has 0 radical (unpaired) electrons. The quantitative estimate of drug-likeness (QED) is 0.785. The molecule has 2 aliphatic heterocycles. The third kappa shape index (κ3) is 3.61. The van der Waals surface area contributed by atoms with E-state index < -0.39 is 0 Å². The van der Waals surface area contributed by atoms with Gasteiger partial charge in [-0.1, -0.05) is 25.7 Å². The molecule has 0 unspecified atom stereocenters. The van der Waals surface area contributed by atoms with E-state index in [1.165, 1.54) is 64.2 Å². The summed E-state index contributed by atoms with van der Waals surface area (Å²) in [6.45, 7) is 1.90. The molecule has 0 aromatic rings. The van der Waals surface area contributed by atoms with Crippen molar-refractivity contribution in [2.45, 2.75) is 95.1 Å². The Morgan fingerprint density at radius 2 is 1.76 bits per heavy atom. The van der Waals surface area contributed by atoms with Gasteiger partial charge in [-0.25, -0.2) is 0 Å². The second kappa shape index (κ2) is 7.13. The van der Waals surface area contributed by atoms with Crippen molar-refractivity contribution in [1.29, 1.82) is 0 Å². The van der Waals surface area contributed by atoms with Gasteiger partial charge in [0.15, 0.2) is 0 Å². The lowest BCUT2D eigenvalue weighted by Gasteiger charge is -2.38. The maximum atomic E-state index is 12.7. The van der Waals surface area contributed by atoms with Gasteiger partial charge in [-0.2, -0.15) is 0 Å².